The SMILES string of the molecule is CN=C(NCCc1ccc(S(C)(=O)=O)cc1)NC1CCN(C(=O)C2CCCCC2)C1.I. The van der Waals surface area contributed by atoms with Crippen molar-refractivity contribution in [1.29, 1.82) is 0 Å². The van der Waals surface area contributed by atoms with E-state index in [0.717, 1.165) is 50.3 Å². The predicted octanol–water partition coefficient (Wildman–Crippen LogP) is 2.60. The maximum atomic E-state index is 12.7. The Bertz CT molecular complexity index is 852. The molecule has 2 N–H and O–H groups in total. The fraction of sp³-hybridized carbons (Fsp3) is 0.636. The number of nitrogens with one attached hydrogen (secondary N) is 2. The molecule has 1 amide bonds. The van der Waals surface area contributed by atoms with Crippen LogP contribution >= 0.6 is 24.0 Å². The van der Waals surface area contributed by atoms with Gasteiger partial charge in [0.15, 0.2) is 15.8 Å². The Labute approximate surface area is 203 Å². The van der Waals surface area contributed by atoms with E-state index in [1.807, 2.05) is 17.0 Å². The molecule has 31 heavy (non-hydrogen) atoms. The fourth-order valence-electron chi connectivity index (χ4n) is 4.30. The number of nitrogens with zero attached hydrogens (tertiary/aromatic N) is 2. The van der Waals surface area contributed by atoms with E-state index in [1.165, 1.54) is 25.5 Å². The van der Waals surface area contributed by atoms with Crippen LogP contribution in [-0.2, 0) is 21.1 Å². The topological polar surface area (TPSA) is 90.9 Å². The highest BCUT2D eigenvalue weighted by molar-refractivity contribution is 14.0. The van der Waals surface area contributed by atoms with E-state index >= 15 is 0 Å². The van der Waals surface area contributed by atoms with Crippen molar-refractivity contribution in [1.82, 2.24) is 15.5 Å². The van der Waals surface area contributed by atoms with Crippen LogP contribution in [0.1, 0.15) is 44.1 Å². The zero-order valence-corrected chi connectivity index (χ0v) is 21.6. The first-order valence-electron chi connectivity index (χ1n) is 10.9. The summed E-state index contributed by atoms with van der Waals surface area (Å²) in [7, 11) is -1.42. The molecule has 1 aliphatic heterocycles. The van der Waals surface area contributed by atoms with Crippen molar-refractivity contribution in [3.05, 3.63) is 29.8 Å². The molecule has 1 unspecified atom stereocenters. The van der Waals surface area contributed by atoms with Crippen molar-refractivity contribution in [3.63, 3.8) is 0 Å². The normalized spacial score (nSPS) is 20.3. The van der Waals surface area contributed by atoms with E-state index in [4.69, 9.17) is 0 Å². The molecule has 1 aromatic carbocycles. The van der Waals surface area contributed by atoms with Gasteiger partial charge in [-0.15, -0.1) is 24.0 Å². The second kappa shape index (κ2) is 12.0. The third kappa shape index (κ3) is 7.62. The van der Waals surface area contributed by atoms with Gasteiger partial charge in [0.05, 0.1) is 4.90 Å². The van der Waals surface area contributed by atoms with Gasteiger partial charge < -0.3 is 15.5 Å². The van der Waals surface area contributed by atoms with E-state index in [2.05, 4.69) is 15.6 Å². The molecule has 0 bridgehead atoms. The number of hydrogen-bond acceptors (Lipinski definition) is 4. The third-order valence-electron chi connectivity index (χ3n) is 6.08. The van der Waals surface area contributed by atoms with Crippen molar-refractivity contribution in [2.24, 2.45) is 10.9 Å². The third-order valence-corrected chi connectivity index (χ3v) is 7.20. The number of carbonyl (C=O) groups excluding carboxylic acids is 1. The lowest BCUT2D eigenvalue weighted by atomic mass is 9.88. The average Bonchev–Trinajstić information content (AvgIpc) is 3.21. The van der Waals surface area contributed by atoms with Crippen molar-refractivity contribution in [3.8, 4) is 0 Å². The van der Waals surface area contributed by atoms with Crippen LogP contribution in [0.3, 0.4) is 0 Å². The van der Waals surface area contributed by atoms with Gasteiger partial charge in [0, 0.05) is 44.9 Å². The highest BCUT2D eigenvalue weighted by Crippen LogP contribution is 2.26. The van der Waals surface area contributed by atoms with Crippen LogP contribution in [-0.4, -0.2) is 64.2 Å². The second-order valence-electron chi connectivity index (χ2n) is 8.41. The minimum absolute atomic E-state index is 0. The van der Waals surface area contributed by atoms with Gasteiger partial charge in [-0.2, -0.15) is 0 Å². The van der Waals surface area contributed by atoms with E-state index in [0.29, 0.717) is 17.3 Å². The first-order chi connectivity index (χ1) is 14.4. The van der Waals surface area contributed by atoms with Gasteiger partial charge in [-0.1, -0.05) is 31.4 Å². The number of carbonyl (C=O) groups is 1. The number of benzene rings is 1. The molecule has 2 aliphatic rings. The van der Waals surface area contributed by atoms with Crippen molar-refractivity contribution in [2.45, 2.75) is 55.9 Å². The van der Waals surface area contributed by atoms with Crippen LogP contribution in [0.15, 0.2) is 34.2 Å². The number of likely N-dealkylation sites (tertiary alicyclic amines) is 1. The number of rotatable bonds is 6. The highest BCUT2D eigenvalue weighted by atomic mass is 127. The van der Waals surface area contributed by atoms with Crippen molar-refractivity contribution < 1.29 is 13.2 Å². The number of amides is 1. The van der Waals surface area contributed by atoms with Crippen LogP contribution < -0.4 is 10.6 Å². The molecule has 7 nitrogen and oxygen atoms in total. The minimum Gasteiger partial charge on any atom is -0.356 e. The largest absolute Gasteiger partial charge is 0.356 e. The van der Waals surface area contributed by atoms with Crippen molar-refractivity contribution >= 4 is 45.7 Å². The van der Waals surface area contributed by atoms with Gasteiger partial charge in [0.1, 0.15) is 0 Å². The Morgan fingerprint density at radius 2 is 1.81 bits per heavy atom. The molecule has 1 aromatic rings. The maximum Gasteiger partial charge on any atom is 0.225 e. The van der Waals surface area contributed by atoms with E-state index in [1.54, 1.807) is 19.2 Å². The second-order valence-corrected chi connectivity index (χ2v) is 10.4. The van der Waals surface area contributed by atoms with Gasteiger partial charge in [-0.05, 0) is 43.4 Å². The molecular formula is C22H35IN4O3S. The smallest absolute Gasteiger partial charge is 0.225 e. The number of halogens is 1. The Morgan fingerprint density at radius 3 is 2.42 bits per heavy atom. The summed E-state index contributed by atoms with van der Waals surface area (Å²) in [4.78, 5) is 19.4. The molecule has 0 aromatic heterocycles. The average molecular weight is 563 g/mol. The van der Waals surface area contributed by atoms with Gasteiger partial charge in [-0.3, -0.25) is 9.79 Å². The first-order valence-corrected chi connectivity index (χ1v) is 12.8. The van der Waals surface area contributed by atoms with Gasteiger partial charge in [0.25, 0.3) is 0 Å². The summed E-state index contributed by atoms with van der Waals surface area (Å²) < 4.78 is 23.1. The molecule has 1 saturated carbocycles. The van der Waals surface area contributed by atoms with Crippen LogP contribution in [0.2, 0.25) is 0 Å². The molecule has 1 heterocycles. The highest BCUT2D eigenvalue weighted by Gasteiger charge is 2.31. The molecule has 9 heteroatoms. The molecule has 0 spiro atoms. The Kier molecular flexibility index (Phi) is 10.1. The minimum atomic E-state index is -3.16. The molecule has 174 valence electrons. The molecular weight excluding hydrogens is 527 g/mol. The van der Waals surface area contributed by atoms with Crippen molar-refractivity contribution in [2.75, 3.05) is 32.9 Å². The molecule has 2 fully saturated rings. The monoisotopic (exact) mass is 562 g/mol. The fourth-order valence-corrected chi connectivity index (χ4v) is 4.93. The van der Waals surface area contributed by atoms with Crippen LogP contribution in [0, 0.1) is 5.92 Å². The van der Waals surface area contributed by atoms with Gasteiger partial charge in [0.2, 0.25) is 5.91 Å². The summed E-state index contributed by atoms with van der Waals surface area (Å²) >= 11 is 0. The zero-order valence-electron chi connectivity index (χ0n) is 18.5. The number of aliphatic imine (C=N–C) groups is 1. The zero-order chi connectivity index (χ0) is 21.6. The lowest BCUT2D eigenvalue weighted by Gasteiger charge is -2.26. The van der Waals surface area contributed by atoms with E-state index in [9.17, 15) is 13.2 Å². The van der Waals surface area contributed by atoms with Crippen LogP contribution in [0.5, 0.6) is 0 Å². The lowest BCUT2D eigenvalue weighted by Crippen LogP contribution is -2.46. The van der Waals surface area contributed by atoms with E-state index < -0.39 is 9.84 Å². The summed E-state index contributed by atoms with van der Waals surface area (Å²) in [5.74, 6) is 1.29. The molecule has 3 rings (SSSR count). The number of hydrogen-bond donors (Lipinski definition) is 2. The standard InChI is InChI=1S/C22H34N4O3S.HI/c1-23-22(24-14-12-17-8-10-20(11-9-17)30(2,28)29)25-19-13-15-26(16-19)21(27)18-6-4-3-5-7-18;/h8-11,18-19H,3-7,12-16H2,1-2H3,(H2,23,24,25);1H. The Balaban J connectivity index is 0.00000341. The Hall–Kier alpha value is -1.36. The van der Waals surface area contributed by atoms with Gasteiger partial charge >= 0.3 is 0 Å². The quantitative estimate of drug-likeness (QED) is 0.316. The summed E-state index contributed by atoms with van der Waals surface area (Å²) in [5.41, 5.74) is 1.07. The molecule has 1 saturated heterocycles. The molecule has 1 atom stereocenters. The predicted molar refractivity (Wildman–Crippen MR) is 135 cm³/mol. The summed E-state index contributed by atoms with van der Waals surface area (Å²) in [6, 6.07) is 7.21. The first kappa shape index (κ1) is 25.9. The summed E-state index contributed by atoms with van der Waals surface area (Å²) in [6.45, 7) is 2.25. The lowest BCUT2D eigenvalue weighted by molar-refractivity contribution is -0.135. The number of sulfone groups is 1. The van der Waals surface area contributed by atoms with Crippen LogP contribution in [0.4, 0.5) is 0 Å². The van der Waals surface area contributed by atoms with Gasteiger partial charge in [-0.25, -0.2) is 8.42 Å². The van der Waals surface area contributed by atoms with Crippen LogP contribution in [0.25, 0.3) is 0 Å². The molecule has 0 radical (unpaired) electrons. The summed E-state index contributed by atoms with van der Waals surface area (Å²) in [5, 5.41) is 6.75. The number of guanidine groups is 1. The van der Waals surface area contributed by atoms with E-state index in [-0.39, 0.29) is 35.9 Å². The molecule has 1 aliphatic carbocycles. The Morgan fingerprint density at radius 1 is 1.13 bits per heavy atom. The maximum absolute atomic E-state index is 12.7. The summed E-state index contributed by atoms with van der Waals surface area (Å²) in [6.07, 6.45) is 8.63.